The van der Waals surface area contributed by atoms with E-state index in [1.165, 1.54) is 0 Å². The molecular weight excluding hydrogens is 426 g/mol. The van der Waals surface area contributed by atoms with E-state index in [-0.39, 0.29) is 5.91 Å². The number of hydrogen-bond donors (Lipinski definition) is 0. The van der Waals surface area contributed by atoms with E-state index in [0.29, 0.717) is 73.5 Å². The number of rotatable bonds is 8. The summed E-state index contributed by atoms with van der Waals surface area (Å²) in [4.78, 5) is 33.3. The highest BCUT2D eigenvalue weighted by atomic mass is 16.5. The average Bonchev–Trinajstić information content (AvgIpc) is 2.83. The molecule has 9 nitrogen and oxygen atoms in total. The molecule has 2 heterocycles. The van der Waals surface area contributed by atoms with Crippen LogP contribution in [0.4, 0.5) is 0 Å². The lowest BCUT2D eigenvalue weighted by Crippen LogP contribution is -2.48. The van der Waals surface area contributed by atoms with Gasteiger partial charge in [0, 0.05) is 38.3 Å². The van der Waals surface area contributed by atoms with Crippen molar-refractivity contribution in [2.75, 3.05) is 54.1 Å². The first-order chi connectivity index (χ1) is 15.9. The van der Waals surface area contributed by atoms with E-state index >= 15 is 0 Å². The summed E-state index contributed by atoms with van der Waals surface area (Å²) >= 11 is 0. The Morgan fingerprint density at radius 3 is 2.21 bits per heavy atom. The van der Waals surface area contributed by atoms with Crippen molar-refractivity contribution in [2.24, 2.45) is 0 Å². The number of hydrogen-bond acceptors (Lipinski definition) is 8. The van der Waals surface area contributed by atoms with E-state index in [4.69, 9.17) is 18.9 Å². The van der Waals surface area contributed by atoms with E-state index < -0.39 is 5.97 Å². The number of benzene rings is 1. The van der Waals surface area contributed by atoms with E-state index in [1.54, 1.807) is 52.2 Å². The number of nitrogens with zero attached hydrogens (tertiary/aromatic N) is 3. The first kappa shape index (κ1) is 24.3. The van der Waals surface area contributed by atoms with Gasteiger partial charge in [-0.15, -0.1) is 0 Å². The number of carbonyl (C=O) groups excluding carboxylic acids is 2. The van der Waals surface area contributed by atoms with Crippen LogP contribution in [0.5, 0.6) is 17.2 Å². The van der Waals surface area contributed by atoms with E-state index in [2.05, 4.69) is 9.88 Å². The van der Waals surface area contributed by atoms with Crippen LogP contribution in [-0.4, -0.2) is 80.8 Å². The maximum atomic E-state index is 13.0. The molecule has 1 aliphatic rings. The third kappa shape index (κ3) is 5.36. The summed E-state index contributed by atoms with van der Waals surface area (Å²) in [5.74, 6) is 1.26. The molecule has 33 heavy (non-hydrogen) atoms. The molecule has 1 amide bonds. The number of methoxy groups -OCH3 is 3. The molecule has 9 heteroatoms. The van der Waals surface area contributed by atoms with Crippen LogP contribution in [0.1, 0.15) is 39.0 Å². The number of carbonyl (C=O) groups is 2. The number of piperazine rings is 1. The predicted octanol–water partition coefficient (Wildman–Crippen LogP) is 2.55. The van der Waals surface area contributed by atoms with Crippen molar-refractivity contribution in [2.45, 2.75) is 20.4 Å². The second kappa shape index (κ2) is 11.0. The number of amides is 1. The van der Waals surface area contributed by atoms with Crippen LogP contribution in [-0.2, 0) is 11.3 Å². The van der Waals surface area contributed by atoms with Gasteiger partial charge in [0.15, 0.2) is 11.5 Å². The Morgan fingerprint density at radius 2 is 1.64 bits per heavy atom. The Hall–Kier alpha value is -3.33. The zero-order valence-electron chi connectivity index (χ0n) is 19.8. The second-order valence-electron chi connectivity index (χ2n) is 7.61. The zero-order valence-corrected chi connectivity index (χ0v) is 19.8. The minimum atomic E-state index is -0.430. The molecule has 0 saturated carbocycles. The normalized spacial score (nSPS) is 14.0. The molecule has 1 aromatic heterocycles. The molecule has 2 aromatic rings. The van der Waals surface area contributed by atoms with E-state index in [1.807, 2.05) is 12.1 Å². The summed E-state index contributed by atoms with van der Waals surface area (Å²) in [5.41, 5.74) is 2.18. The summed E-state index contributed by atoms with van der Waals surface area (Å²) in [7, 11) is 4.79. The Balaban J connectivity index is 1.64. The van der Waals surface area contributed by atoms with Crippen molar-refractivity contribution in [3.05, 3.63) is 46.8 Å². The molecule has 0 unspecified atom stereocenters. The van der Waals surface area contributed by atoms with E-state index in [0.717, 1.165) is 5.56 Å². The molecule has 1 aromatic carbocycles. The molecule has 1 aliphatic heterocycles. The molecule has 0 radical (unpaired) electrons. The zero-order chi connectivity index (χ0) is 24.0. The lowest BCUT2D eigenvalue weighted by atomic mass is 10.1. The number of aromatic nitrogens is 1. The van der Waals surface area contributed by atoms with Crippen molar-refractivity contribution in [1.82, 2.24) is 14.8 Å². The van der Waals surface area contributed by atoms with Gasteiger partial charge in [0.1, 0.15) is 5.69 Å². The molecule has 0 atom stereocenters. The van der Waals surface area contributed by atoms with Crippen LogP contribution in [0.15, 0.2) is 24.3 Å². The van der Waals surface area contributed by atoms with Gasteiger partial charge in [-0.1, -0.05) is 6.07 Å². The fourth-order valence-electron chi connectivity index (χ4n) is 3.90. The average molecular weight is 458 g/mol. The van der Waals surface area contributed by atoms with Gasteiger partial charge in [0.05, 0.1) is 39.2 Å². The van der Waals surface area contributed by atoms with Crippen LogP contribution in [0, 0.1) is 6.92 Å². The van der Waals surface area contributed by atoms with Crippen LogP contribution in [0.25, 0.3) is 0 Å². The van der Waals surface area contributed by atoms with Gasteiger partial charge in [0.25, 0.3) is 5.91 Å². The van der Waals surface area contributed by atoms with Crippen LogP contribution in [0.2, 0.25) is 0 Å². The van der Waals surface area contributed by atoms with Crippen LogP contribution < -0.4 is 14.2 Å². The maximum Gasteiger partial charge on any atom is 0.339 e. The summed E-state index contributed by atoms with van der Waals surface area (Å²) in [6, 6.07) is 7.02. The molecule has 1 fully saturated rings. The summed E-state index contributed by atoms with van der Waals surface area (Å²) in [6.07, 6.45) is 0. The van der Waals surface area contributed by atoms with Gasteiger partial charge in [-0.3, -0.25) is 9.69 Å². The van der Waals surface area contributed by atoms with Crippen molar-refractivity contribution < 1.29 is 28.5 Å². The molecule has 0 spiro atoms. The van der Waals surface area contributed by atoms with Crippen molar-refractivity contribution in [1.29, 1.82) is 0 Å². The highest BCUT2D eigenvalue weighted by Gasteiger charge is 2.25. The van der Waals surface area contributed by atoms with Gasteiger partial charge in [-0.2, -0.15) is 0 Å². The van der Waals surface area contributed by atoms with Crippen LogP contribution >= 0.6 is 0 Å². The fraction of sp³-hybridized carbons (Fsp3) is 0.458. The molecule has 178 valence electrons. The Morgan fingerprint density at radius 1 is 0.939 bits per heavy atom. The number of esters is 1. The molecule has 0 aliphatic carbocycles. The van der Waals surface area contributed by atoms with E-state index in [9.17, 15) is 9.59 Å². The third-order valence-corrected chi connectivity index (χ3v) is 5.64. The Kier molecular flexibility index (Phi) is 8.11. The number of pyridine rings is 1. The minimum absolute atomic E-state index is 0.142. The van der Waals surface area contributed by atoms with Gasteiger partial charge >= 0.3 is 5.97 Å². The SMILES string of the molecule is CCOC(=O)c1ccc(C(=O)N2CCN(Cc3ccc(OC)c(OC)c3OC)CC2)nc1C. The predicted molar refractivity (Wildman–Crippen MR) is 122 cm³/mol. The molecular formula is C24H31N3O6. The van der Waals surface area contributed by atoms with Gasteiger partial charge in [-0.05, 0) is 32.0 Å². The Bertz CT molecular complexity index is 1000. The standard InChI is InChI=1S/C24H31N3O6/c1-6-33-24(29)18-8-9-19(25-16(18)2)23(28)27-13-11-26(12-14-27)15-17-7-10-20(30-3)22(32-5)21(17)31-4/h7-10H,6,11-15H2,1-5H3. The van der Waals surface area contributed by atoms with Gasteiger partial charge in [-0.25, -0.2) is 9.78 Å². The maximum absolute atomic E-state index is 13.0. The summed E-state index contributed by atoms with van der Waals surface area (Å²) in [5, 5.41) is 0. The number of aryl methyl sites for hydroxylation is 1. The highest BCUT2D eigenvalue weighted by Crippen LogP contribution is 2.40. The van der Waals surface area contributed by atoms with Crippen molar-refractivity contribution in [3.8, 4) is 17.2 Å². The molecule has 0 bridgehead atoms. The van der Waals surface area contributed by atoms with Crippen molar-refractivity contribution in [3.63, 3.8) is 0 Å². The largest absolute Gasteiger partial charge is 0.493 e. The summed E-state index contributed by atoms with van der Waals surface area (Å²) < 4.78 is 21.4. The van der Waals surface area contributed by atoms with Crippen molar-refractivity contribution >= 4 is 11.9 Å². The topological polar surface area (TPSA) is 90.4 Å². The summed E-state index contributed by atoms with van der Waals surface area (Å²) in [6.45, 7) is 6.99. The highest BCUT2D eigenvalue weighted by molar-refractivity contribution is 5.95. The lowest BCUT2D eigenvalue weighted by Gasteiger charge is -2.35. The second-order valence-corrected chi connectivity index (χ2v) is 7.61. The van der Waals surface area contributed by atoms with Gasteiger partial charge < -0.3 is 23.8 Å². The monoisotopic (exact) mass is 457 g/mol. The quantitative estimate of drug-likeness (QED) is 0.559. The smallest absolute Gasteiger partial charge is 0.339 e. The first-order valence-electron chi connectivity index (χ1n) is 10.9. The fourth-order valence-corrected chi connectivity index (χ4v) is 3.90. The lowest BCUT2D eigenvalue weighted by molar-refractivity contribution is 0.0522. The molecule has 1 saturated heterocycles. The Labute approximate surface area is 194 Å². The molecule has 3 rings (SSSR count). The molecule has 0 N–H and O–H groups in total. The number of ether oxygens (including phenoxy) is 4. The first-order valence-corrected chi connectivity index (χ1v) is 10.9. The third-order valence-electron chi connectivity index (χ3n) is 5.64. The minimum Gasteiger partial charge on any atom is -0.493 e. The van der Waals surface area contributed by atoms with Crippen LogP contribution in [0.3, 0.4) is 0 Å². The van der Waals surface area contributed by atoms with Gasteiger partial charge in [0.2, 0.25) is 5.75 Å².